The molecule has 5 saturated carbocycles. The molecule has 5 fully saturated rings. The molecular formula is C34H41NO3. The van der Waals surface area contributed by atoms with Crippen molar-refractivity contribution in [2.45, 2.75) is 94.8 Å². The summed E-state index contributed by atoms with van der Waals surface area (Å²) in [6.07, 6.45) is 18.1. The van der Waals surface area contributed by atoms with Gasteiger partial charge in [0.15, 0.2) is 0 Å². The van der Waals surface area contributed by atoms with Gasteiger partial charge in [0, 0.05) is 24.2 Å². The standard InChI is InChI=1S/C34H41NO3/c36-31(37)16-9-25-5-4-8-30(23-25)35(32(38)28-6-2-1-3-7-28)24-33-17-20-34(21-18-33,22-19-33)29-14-12-27(13-15-29)26-10-11-26/h4-5,8-9,12-16,23,26,28H,1-3,6-7,10-11,17-22,24H2,(H,36,37)/b16-9+. The smallest absolute Gasteiger partial charge is 0.328 e. The maximum Gasteiger partial charge on any atom is 0.328 e. The summed E-state index contributed by atoms with van der Waals surface area (Å²) in [5, 5.41) is 9.09. The van der Waals surface area contributed by atoms with Crippen LogP contribution in [-0.2, 0) is 15.0 Å². The van der Waals surface area contributed by atoms with Gasteiger partial charge in [0.25, 0.3) is 0 Å². The minimum absolute atomic E-state index is 0.106. The van der Waals surface area contributed by atoms with Gasteiger partial charge >= 0.3 is 5.97 Å². The second-order valence-corrected chi connectivity index (χ2v) is 12.7. The summed E-state index contributed by atoms with van der Waals surface area (Å²) in [4.78, 5) is 27.2. The summed E-state index contributed by atoms with van der Waals surface area (Å²) in [6, 6.07) is 17.5. The summed E-state index contributed by atoms with van der Waals surface area (Å²) >= 11 is 0. The molecule has 7 rings (SSSR count). The first-order chi connectivity index (χ1) is 18.5. The van der Waals surface area contributed by atoms with Crippen molar-refractivity contribution < 1.29 is 14.7 Å². The molecule has 0 saturated heterocycles. The van der Waals surface area contributed by atoms with E-state index in [0.717, 1.165) is 49.4 Å². The number of benzene rings is 2. The molecule has 5 aliphatic carbocycles. The Morgan fingerprint density at radius 2 is 1.55 bits per heavy atom. The van der Waals surface area contributed by atoms with E-state index in [-0.39, 0.29) is 17.2 Å². The molecule has 0 unspecified atom stereocenters. The van der Waals surface area contributed by atoms with Gasteiger partial charge in [0.1, 0.15) is 0 Å². The molecule has 200 valence electrons. The third-order valence-corrected chi connectivity index (χ3v) is 10.3. The lowest BCUT2D eigenvalue weighted by molar-refractivity contribution is -0.131. The zero-order chi connectivity index (χ0) is 26.2. The van der Waals surface area contributed by atoms with Gasteiger partial charge in [-0.15, -0.1) is 0 Å². The van der Waals surface area contributed by atoms with Crippen molar-refractivity contribution in [3.8, 4) is 0 Å². The molecule has 0 heterocycles. The number of anilines is 1. The van der Waals surface area contributed by atoms with Crippen LogP contribution >= 0.6 is 0 Å². The van der Waals surface area contributed by atoms with Crippen molar-refractivity contribution >= 4 is 23.6 Å². The van der Waals surface area contributed by atoms with Gasteiger partial charge in [0.05, 0.1) is 0 Å². The Labute approximate surface area is 227 Å². The summed E-state index contributed by atoms with van der Waals surface area (Å²) < 4.78 is 0. The minimum atomic E-state index is -0.959. The lowest BCUT2D eigenvalue weighted by Crippen LogP contribution is -2.51. The van der Waals surface area contributed by atoms with Crippen LogP contribution in [0.3, 0.4) is 0 Å². The van der Waals surface area contributed by atoms with Crippen LogP contribution in [0.25, 0.3) is 6.08 Å². The molecular weight excluding hydrogens is 470 g/mol. The number of carbonyl (C=O) groups is 2. The van der Waals surface area contributed by atoms with E-state index in [4.69, 9.17) is 5.11 Å². The van der Waals surface area contributed by atoms with E-state index in [9.17, 15) is 9.59 Å². The number of amides is 1. The zero-order valence-corrected chi connectivity index (χ0v) is 22.5. The molecule has 0 aromatic heterocycles. The fraction of sp³-hybridized carbons (Fsp3) is 0.529. The lowest BCUT2D eigenvalue weighted by atomic mass is 9.51. The number of aliphatic carboxylic acids is 1. The average Bonchev–Trinajstić information content (AvgIpc) is 3.82. The molecule has 2 aromatic rings. The number of fused-ring (bicyclic) bond motifs is 3. The molecule has 0 aliphatic heterocycles. The SMILES string of the molecule is O=C(O)/C=C/c1cccc(N(CC23CCC(c4ccc(C5CC5)cc4)(CC2)CC3)C(=O)C2CCCCC2)c1. The highest BCUT2D eigenvalue weighted by Gasteiger charge is 2.50. The van der Waals surface area contributed by atoms with E-state index in [1.165, 1.54) is 75.0 Å². The van der Waals surface area contributed by atoms with Crippen LogP contribution in [0.5, 0.6) is 0 Å². The highest BCUT2D eigenvalue weighted by Crippen LogP contribution is 2.58. The molecule has 0 radical (unpaired) electrons. The Hall–Kier alpha value is -2.88. The van der Waals surface area contributed by atoms with Crippen molar-refractivity contribution in [1.29, 1.82) is 0 Å². The Balaban J connectivity index is 1.22. The fourth-order valence-electron chi connectivity index (χ4n) is 7.62. The molecule has 1 N–H and O–H groups in total. The summed E-state index contributed by atoms with van der Waals surface area (Å²) in [5.74, 6) is 0.225. The summed E-state index contributed by atoms with van der Waals surface area (Å²) in [5.41, 5.74) is 5.27. The molecule has 0 spiro atoms. The maximum atomic E-state index is 14.0. The molecule has 38 heavy (non-hydrogen) atoms. The Bertz CT molecular complexity index is 1180. The van der Waals surface area contributed by atoms with Gasteiger partial charge in [-0.1, -0.05) is 55.7 Å². The number of carboxylic acids is 1. The highest BCUT2D eigenvalue weighted by molar-refractivity contribution is 5.95. The second-order valence-electron chi connectivity index (χ2n) is 12.7. The van der Waals surface area contributed by atoms with Crippen molar-refractivity contribution in [2.75, 3.05) is 11.4 Å². The second kappa shape index (κ2) is 10.4. The number of hydrogen-bond acceptors (Lipinski definition) is 2. The molecule has 2 aromatic carbocycles. The summed E-state index contributed by atoms with van der Waals surface area (Å²) in [7, 11) is 0. The van der Waals surface area contributed by atoms with Gasteiger partial charge in [0.2, 0.25) is 5.91 Å². The predicted octanol–water partition coefficient (Wildman–Crippen LogP) is 7.87. The quantitative estimate of drug-likeness (QED) is 0.367. The van der Waals surface area contributed by atoms with Gasteiger partial charge < -0.3 is 10.0 Å². The van der Waals surface area contributed by atoms with E-state index in [2.05, 4.69) is 29.2 Å². The average molecular weight is 512 g/mol. The van der Waals surface area contributed by atoms with Gasteiger partial charge in [-0.05, 0) is 116 Å². The predicted molar refractivity (Wildman–Crippen MR) is 152 cm³/mol. The van der Waals surface area contributed by atoms with Crippen molar-refractivity contribution in [1.82, 2.24) is 0 Å². The molecule has 5 aliphatic rings. The van der Waals surface area contributed by atoms with Gasteiger partial charge in [-0.2, -0.15) is 0 Å². The number of carbonyl (C=O) groups excluding carboxylic acids is 1. The van der Waals surface area contributed by atoms with Crippen LogP contribution in [0.15, 0.2) is 54.6 Å². The van der Waals surface area contributed by atoms with Gasteiger partial charge in [-0.3, -0.25) is 4.79 Å². The van der Waals surface area contributed by atoms with Gasteiger partial charge in [-0.25, -0.2) is 4.79 Å². The molecule has 0 atom stereocenters. The summed E-state index contributed by atoms with van der Waals surface area (Å²) in [6.45, 7) is 0.783. The lowest BCUT2D eigenvalue weighted by Gasteiger charge is -2.55. The number of rotatable bonds is 8. The Kier molecular flexibility index (Phi) is 6.92. The maximum absolute atomic E-state index is 14.0. The minimum Gasteiger partial charge on any atom is -0.478 e. The first-order valence-corrected chi connectivity index (χ1v) is 14.9. The zero-order valence-electron chi connectivity index (χ0n) is 22.5. The molecule has 1 amide bonds. The number of carboxylic acid groups (broad SMARTS) is 1. The van der Waals surface area contributed by atoms with Crippen molar-refractivity contribution in [3.63, 3.8) is 0 Å². The molecule has 4 nitrogen and oxygen atoms in total. The molecule has 2 bridgehead atoms. The van der Waals surface area contributed by atoms with Crippen LogP contribution in [0.1, 0.15) is 106 Å². The van der Waals surface area contributed by atoms with E-state index >= 15 is 0 Å². The first kappa shape index (κ1) is 25.4. The van der Waals surface area contributed by atoms with E-state index in [0.29, 0.717) is 5.41 Å². The van der Waals surface area contributed by atoms with Crippen molar-refractivity contribution in [2.24, 2.45) is 11.3 Å². The third-order valence-electron chi connectivity index (χ3n) is 10.3. The van der Waals surface area contributed by atoms with Crippen LogP contribution in [0, 0.1) is 11.3 Å². The largest absolute Gasteiger partial charge is 0.478 e. The topological polar surface area (TPSA) is 57.6 Å². The normalized spacial score (nSPS) is 27.5. The number of nitrogens with zero attached hydrogens (tertiary/aromatic N) is 1. The van der Waals surface area contributed by atoms with Crippen LogP contribution in [-0.4, -0.2) is 23.5 Å². The van der Waals surface area contributed by atoms with E-state index in [1.807, 2.05) is 24.3 Å². The Morgan fingerprint density at radius 3 is 2.18 bits per heavy atom. The van der Waals surface area contributed by atoms with E-state index in [1.54, 1.807) is 6.08 Å². The van der Waals surface area contributed by atoms with Crippen LogP contribution in [0.4, 0.5) is 5.69 Å². The fourth-order valence-corrected chi connectivity index (χ4v) is 7.62. The van der Waals surface area contributed by atoms with Crippen LogP contribution < -0.4 is 4.90 Å². The number of hydrogen-bond donors (Lipinski definition) is 1. The third kappa shape index (κ3) is 5.19. The monoisotopic (exact) mass is 511 g/mol. The van der Waals surface area contributed by atoms with Crippen molar-refractivity contribution in [3.05, 3.63) is 71.3 Å². The van der Waals surface area contributed by atoms with E-state index < -0.39 is 5.97 Å². The molecule has 4 heteroatoms. The Morgan fingerprint density at radius 1 is 0.868 bits per heavy atom. The van der Waals surface area contributed by atoms with Crippen LogP contribution in [0.2, 0.25) is 0 Å². The first-order valence-electron chi connectivity index (χ1n) is 14.9. The highest BCUT2D eigenvalue weighted by atomic mass is 16.4.